The van der Waals surface area contributed by atoms with E-state index < -0.39 is 27.8 Å². The number of imide groups is 1. The molecule has 0 spiro atoms. The molecule has 11 heteroatoms. The van der Waals surface area contributed by atoms with Crippen LogP contribution < -0.4 is 14.8 Å². The summed E-state index contributed by atoms with van der Waals surface area (Å²) in [6.07, 6.45) is 2.63. The lowest BCUT2D eigenvalue weighted by Gasteiger charge is -2.28. The van der Waals surface area contributed by atoms with Gasteiger partial charge in [0.25, 0.3) is 5.91 Å². The molecule has 1 N–H and O–H groups in total. The molecule has 3 aliphatic heterocycles. The van der Waals surface area contributed by atoms with Gasteiger partial charge in [0.1, 0.15) is 35.6 Å². The molecular weight excluding hydrogens is 426 g/mol. The number of urea groups is 1. The quantitative estimate of drug-likeness (QED) is 0.624. The molecule has 0 saturated carbocycles. The van der Waals surface area contributed by atoms with E-state index in [-0.39, 0.29) is 30.7 Å². The number of hydrogen-bond acceptors (Lipinski definition) is 7. The molecule has 4 rings (SSSR count). The number of carbonyl (C=O) groups is 3. The van der Waals surface area contributed by atoms with Crippen molar-refractivity contribution in [1.82, 2.24) is 15.1 Å². The number of sulfone groups is 1. The highest BCUT2D eigenvalue weighted by Crippen LogP contribution is 2.38. The van der Waals surface area contributed by atoms with Crippen LogP contribution in [0.1, 0.15) is 30.9 Å². The summed E-state index contributed by atoms with van der Waals surface area (Å²) in [6.45, 7) is 1.12. The van der Waals surface area contributed by atoms with Crippen LogP contribution in [0.4, 0.5) is 4.79 Å². The number of nitrogens with zero attached hydrogens (tertiary/aromatic N) is 2. The van der Waals surface area contributed by atoms with Crippen molar-refractivity contribution in [2.45, 2.75) is 31.3 Å². The summed E-state index contributed by atoms with van der Waals surface area (Å²) in [5.41, 5.74) is 0.915. The number of fused-ring (bicyclic) bond motifs is 1. The molecule has 3 heterocycles. The summed E-state index contributed by atoms with van der Waals surface area (Å²) in [4.78, 5) is 40.3. The van der Waals surface area contributed by atoms with Crippen molar-refractivity contribution in [3.05, 3.63) is 23.8 Å². The Morgan fingerprint density at radius 3 is 2.68 bits per heavy atom. The minimum atomic E-state index is -3.27. The van der Waals surface area contributed by atoms with Crippen LogP contribution in [0.2, 0.25) is 0 Å². The molecule has 0 aliphatic carbocycles. The van der Waals surface area contributed by atoms with E-state index in [1.54, 1.807) is 4.90 Å². The van der Waals surface area contributed by atoms with Crippen LogP contribution in [-0.4, -0.2) is 80.4 Å². The van der Waals surface area contributed by atoms with E-state index in [1.165, 1.54) is 0 Å². The van der Waals surface area contributed by atoms with Gasteiger partial charge in [-0.05, 0) is 37.0 Å². The van der Waals surface area contributed by atoms with Crippen molar-refractivity contribution in [2.24, 2.45) is 0 Å². The minimum absolute atomic E-state index is 0.0162. The average molecular weight is 452 g/mol. The van der Waals surface area contributed by atoms with E-state index in [4.69, 9.17) is 9.47 Å². The Kier molecular flexibility index (Phi) is 5.78. The van der Waals surface area contributed by atoms with Gasteiger partial charge >= 0.3 is 6.03 Å². The maximum atomic E-state index is 13.0. The summed E-state index contributed by atoms with van der Waals surface area (Å²) in [5.74, 6) is 0.196. The van der Waals surface area contributed by atoms with Gasteiger partial charge in [-0.25, -0.2) is 13.2 Å². The van der Waals surface area contributed by atoms with Crippen molar-refractivity contribution in [3.8, 4) is 11.5 Å². The first-order chi connectivity index (χ1) is 14.7. The molecular formula is C20H25N3O7S. The molecule has 1 aromatic rings. The molecule has 168 valence electrons. The SMILES string of the molecule is CS(=O)(=O)CC[C@@H]1NC(=O)N(CC(=O)N2CCC[C@H]2c2ccc3c(c2)OCCO3)C1=O. The topological polar surface area (TPSA) is 122 Å². The molecule has 4 amide bonds. The Morgan fingerprint density at radius 2 is 1.94 bits per heavy atom. The molecule has 3 aliphatic rings. The van der Waals surface area contributed by atoms with Gasteiger partial charge < -0.3 is 19.7 Å². The number of carbonyl (C=O) groups excluding carboxylic acids is 3. The van der Waals surface area contributed by atoms with Crippen LogP contribution in [0.15, 0.2) is 18.2 Å². The van der Waals surface area contributed by atoms with Crippen molar-refractivity contribution >= 4 is 27.7 Å². The lowest BCUT2D eigenvalue weighted by atomic mass is 10.0. The van der Waals surface area contributed by atoms with E-state index in [0.717, 1.165) is 29.6 Å². The molecule has 2 saturated heterocycles. The second-order valence-corrected chi connectivity index (χ2v) is 10.3. The number of nitrogens with one attached hydrogen (secondary N) is 1. The predicted octanol–water partition coefficient (Wildman–Crippen LogP) is 0.476. The smallest absolute Gasteiger partial charge is 0.325 e. The van der Waals surface area contributed by atoms with E-state index in [9.17, 15) is 22.8 Å². The van der Waals surface area contributed by atoms with Crippen LogP contribution in [0.5, 0.6) is 11.5 Å². The second-order valence-electron chi connectivity index (χ2n) is 7.99. The second kappa shape index (κ2) is 8.37. The molecule has 0 radical (unpaired) electrons. The lowest BCUT2D eigenvalue weighted by molar-refractivity contribution is -0.138. The van der Waals surface area contributed by atoms with Crippen LogP contribution in [-0.2, 0) is 19.4 Å². The Bertz CT molecular complexity index is 1010. The average Bonchev–Trinajstić information content (AvgIpc) is 3.32. The minimum Gasteiger partial charge on any atom is -0.486 e. The summed E-state index contributed by atoms with van der Waals surface area (Å²) in [6, 6.07) is 3.83. The van der Waals surface area contributed by atoms with Gasteiger partial charge in [0.05, 0.1) is 11.8 Å². The molecule has 2 atom stereocenters. The first kappa shape index (κ1) is 21.4. The highest BCUT2D eigenvalue weighted by Gasteiger charge is 2.41. The number of rotatable bonds is 6. The van der Waals surface area contributed by atoms with Crippen molar-refractivity contribution < 1.29 is 32.3 Å². The number of ether oxygens (including phenoxy) is 2. The third-order valence-electron chi connectivity index (χ3n) is 5.70. The first-order valence-corrected chi connectivity index (χ1v) is 12.3. The van der Waals surface area contributed by atoms with Gasteiger partial charge in [-0.15, -0.1) is 0 Å². The fraction of sp³-hybridized carbons (Fsp3) is 0.550. The van der Waals surface area contributed by atoms with E-state index in [0.29, 0.717) is 31.3 Å². The standard InChI is InChI=1S/C20H25N3O7S/c1-31(27,28)10-6-14-19(25)23(20(26)21-14)12-18(24)22-7-2-3-15(22)13-4-5-16-17(11-13)30-9-8-29-16/h4-5,11,14-15H,2-3,6-10,12H2,1H3,(H,21,26)/t14-,15-/m0/s1. The number of amides is 4. The van der Waals surface area contributed by atoms with Crippen LogP contribution in [0, 0.1) is 0 Å². The van der Waals surface area contributed by atoms with Gasteiger partial charge in [-0.3, -0.25) is 14.5 Å². The van der Waals surface area contributed by atoms with Gasteiger partial charge in [0.15, 0.2) is 11.5 Å². The highest BCUT2D eigenvalue weighted by atomic mass is 32.2. The van der Waals surface area contributed by atoms with E-state index in [1.807, 2.05) is 18.2 Å². The molecule has 31 heavy (non-hydrogen) atoms. The zero-order valence-corrected chi connectivity index (χ0v) is 18.0. The third-order valence-corrected chi connectivity index (χ3v) is 6.68. The Balaban J connectivity index is 1.43. The zero-order chi connectivity index (χ0) is 22.2. The lowest BCUT2D eigenvalue weighted by Crippen LogP contribution is -2.43. The van der Waals surface area contributed by atoms with Gasteiger partial charge in [-0.2, -0.15) is 0 Å². The summed E-state index contributed by atoms with van der Waals surface area (Å²) >= 11 is 0. The molecule has 0 unspecified atom stereocenters. The zero-order valence-electron chi connectivity index (χ0n) is 17.2. The van der Waals surface area contributed by atoms with E-state index >= 15 is 0 Å². The Hall–Kier alpha value is -2.82. The van der Waals surface area contributed by atoms with Crippen molar-refractivity contribution in [1.29, 1.82) is 0 Å². The van der Waals surface area contributed by atoms with Crippen LogP contribution in [0.25, 0.3) is 0 Å². The maximum Gasteiger partial charge on any atom is 0.325 e. The molecule has 0 bridgehead atoms. The van der Waals surface area contributed by atoms with Crippen LogP contribution >= 0.6 is 0 Å². The van der Waals surface area contributed by atoms with Gasteiger partial charge in [0, 0.05) is 12.8 Å². The van der Waals surface area contributed by atoms with Crippen molar-refractivity contribution in [2.75, 3.05) is 38.3 Å². The molecule has 2 fully saturated rings. The number of likely N-dealkylation sites (tertiary alicyclic amines) is 1. The number of hydrogen-bond donors (Lipinski definition) is 1. The molecule has 0 aromatic heterocycles. The van der Waals surface area contributed by atoms with Crippen molar-refractivity contribution in [3.63, 3.8) is 0 Å². The van der Waals surface area contributed by atoms with Gasteiger partial charge in [0.2, 0.25) is 5.91 Å². The monoisotopic (exact) mass is 451 g/mol. The largest absolute Gasteiger partial charge is 0.486 e. The first-order valence-electron chi connectivity index (χ1n) is 10.2. The Morgan fingerprint density at radius 1 is 1.19 bits per heavy atom. The summed E-state index contributed by atoms with van der Waals surface area (Å²) in [5, 5.41) is 2.47. The molecule has 1 aromatic carbocycles. The normalized spacial score (nSPS) is 23.3. The van der Waals surface area contributed by atoms with Gasteiger partial charge in [-0.1, -0.05) is 6.07 Å². The molecule has 10 nitrogen and oxygen atoms in total. The number of benzene rings is 1. The Labute approximate surface area is 180 Å². The predicted molar refractivity (Wildman–Crippen MR) is 109 cm³/mol. The third kappa shape index (κ3) is 4.60. The van der Waals surface area contributed by atoms with E-state index in [2.05, 4.69) is 5.32 Å². The summed E-state index contributed by atoms with van der Waals surface area (Å²) in [7, 11) is -3.27. The fourth-order valence-electron chi connectivity index (χ4n) is 4.16. The highest BCUT2D eigenvalue weighted by molar-refractivity contribution is 7.90. The van der Waals surface area contributed by atoms with Crippen LogP contribution in [0.3, 0.4) is 0 Å². The fourth-order valence-corrected chi connectivity index (χ4v) is 4.82. The maximum absolute atomic E-state index is 13.0. The summed E-state index contributed by atoms with van der Waals surface area (Å²) < 4.78 is 33.9.